The second-order valence-corrected chi connectivity index (χ2v) is 19.3. The van der Waals surface area contributed by atoms with Crippen molar-refractivity contribution in [3.05, 3.63) is 0 Å². The van der Waals surface area contributed by atoms with E-state index in [0.717, 1.165) is 50.3 Å². The summed E-state index contributed by atoms with van der Waals surface area (Å²) in [5.41, 5.74) is 0. The third-order valence-electron chi connectivity index (χ3n) is 10.6. The van der Waals surface area contributed by atoms with Crippen LogP contribution in [-0.2, 0) is 24.8 Å². The number of hydrogen-bond acceptors (Lipinski definition) is 8. The third-order valence-corrected chi connectivity index (χ3v) is 14.3. The molecule has 0 radical (unpaired) electrons. The number of ether oxygens (including phenoxy) is 1. The van der Waals surface area contributed by atoms with E-state index in [1.54, 1.807) is 18.2 Å². The Morgan fingerprint density at radius 2 is 1.27 bits per heavy atom. The lowest BCUT2D eigenvalue weighted by molar-refractivity contribution is -0.0298. The molecule has 4 heterocycles. The standard InChI is InChI=1S/C18H37N3O2S.C15H30N2O3S/c1-5-24(22,23)21-12-6-17(7-13-21)15-19(4)18-8-10-20(11-9-18)14-16(2)3;1-4-21(18,19)17-11-15(12-17)20-10-9-16-7-5-14(6-8-16)13(2)3/h16-18H,5-15H2,1-4H3;13-15H,4-12H2,1-3H3. The maximum absolute atomic E-state index is 11.9. The lowest BCUT2D eigenvalue weighted by Crippen LogP contribution is -2.55. The summed E-state index contributed by atoms with van der Waals surface area (Å²) in [7, 11) is -3.75. The van der Waals surface area contributed by atoms with Crippen molar-refractivity contribution in [3.63, 3.8) is 0 Å². The molecule has 0 spiro atoms. The summed E-state index contributed by atoms with van der Waals surface area (Å²) in [4.78, 5) is 7.61. The van der Waals surface area contributed by atoms with E-state index < -0.39 is 20.0 Å². The zero-order chi connectivity index (χ0) is 33.2. The molecule has 4 saturated heterocycles. The van der Waals surface area contributed by atoms with Gasteiger partial charge in [-0.2, -0.15) is 4.31 Å². The van der Waals surface area contributed by atoms with Crippen LogP contribution in [0.4, 0.5) is 0 Å². The van der Waals surface area contributed by atoms with E-state index in [0.29, 0.717) is 38.1 Å². The first-order valence-corrected chi connectivity index (χ1v) is 21.2. The van der Waals surface area contributed by atoms with E-state index in [9.17, 15) is 16.8 Å². The summed E-state index contributed by atoms with van der Waals surface area (Å²) in [6.07, 6.45) is 7.25. The molecule has 12 heteroatoms. The minimum absolute atomic E-state index is 0.0968. The fourth-order valence-electron chi connectivity index (χ4n) is 7.28. The maximum atomic E-state index is 11.9. The van der Waals surface area contributed by atoms with E-state index in [4.69, 9.17) is 4.74 Å². The van der Waals surface area contributed by atoms with Crippen LogP contribution in [0, 0.1) is 23.7 Å². The van der Waals surface area contributed by atoms with Crippen LogP contribution in [0.1, 0.15) is 80.1 Å². The highest BCUT2D eigenvalue weighted by Gasteiger charge is 2.35. The summed E-state index contributed by atoms with van der Waals surface area (Å²) in [5, 5.41) is 0. The van der Waals surface area contributed by atoms with Crippen LogP contribution < -0.4 is 0 Å². The molecular weight excluding hydrogens is 611 g/mol. The molecule has 0 aromatic carbocycles. The topological polar surface area (TPSA) is 93.7 Å². The second kappa shape index (κ2) is 18.4. The zero-order valence-corrected chi connectivity index (χ0v) is 31.3. The van der Waals surface area contributed by atoms with Gasteiger partial charge in [0.05, 0.1) is 24.2 Å². The lowest BCUT2D eigenvalue weighted by Gasteiger charge is -2.40. The summed E-state index contributed by atoms with van der Waals surface area (Å²) < 4.78 is 56.1. The summed E-state index contributed by atoms with van der Waals surface area (Å²) in [6, 6.07) is 0.700. The Labute approximate surface area is 277 Å². The fraction of sp³-hybridized carbons (Fsp3) is 1.00. The van der Waals surface area contributed by atoms with Crippen LogP contribution in [-0.4, -0.2) is 149 Å². The Morgan fingerprint density at radius 1 is 0.733 bits per heavy atom. The van der Waals surface area contributed by atoms with Crippen LogP contribution in [0.25, 0.3) is 0 Å². The summed E-state index contributed by atoms with van der Waals surface area (Å²) >= 11 is 0. The molecule has 0 saturated carbocycles. The molecule has 0 N–H and O–H groups in total. The number of likely N-dealkylation sites (tertiary alicyclic amines) is 2. The highest BCUT2D eigenvalue weighted by molar-refractivity contribution is 7.89. The highest BCUT2D eigenvalue weighted by Crippen LogP contribution is 2.25. The van der Waals surface area contributed by atoms with Crippen molar-refractivity contribution >= 4 is 20.0 Å². The fourth-order valence-corrected chi connectivity index (χ4v) is 9.56. The van der Waals surface area contributed by atoms with E-state index in [1.165, 1.54) is 62.7 Å². The molecule has 0 bridgehead atoms. The summed E-state index contributed by atoms with van der Waals surface area (Å²) in [5.74, 6) is 3.49. The van der Waals surface area contributed by atoms with Crippen LogP contribution in [0.3, 0.4) is 0 Å². The Kier molecular flexibility index (Phi) is 16.0. The first kappa shape index (κ1) is 39.1. The molecule has 10 nitrogen and oxygen atoms in total. The number of hydrogen-bond donors (Lipinski definition) is 0. The molecule has 0 aliphatic carbocycles. The monoisotopic (exact) mass is 677 g/mol. The molecule has 0 amide bonds. The smallest absolute Gasteiger partial charge is 0.214 e. The molecular formula is C33H67N5O5S2. The van der Waals surface area contributed by atoms with Gasteiger partial charge in [-0.3, -0.25) is 0 Å². The molecule has 4 rings (SSSR count). The van der Waals surface area contributed by atoms with E-state index in [1.807, 2.05) is 0 Å². The Bertz CT molecular complexity index is 1040. The lowest BCUT2D eigenvalue weighted by atomic mass is 9.87. The Morgan fingerprint density at radius 3 is 1.78 bits per heavy atom. The van der Waals surface area contributed by atoms with E-state index >= 15 is 0 Å². The van der Waals surface area contributed by atoms with Crippen molar-refractivity contribution < 1.29 is 21.6 Å². The second-order valence-electron chi connectivity index (χ2n) is 14.7. The predicted octanol–water partition coefficient (Wildman–Crippen LogP) is 3.51. The van der Waals surface area contributed by atoms with Gasteiger partial charge in [-0.1, -0.05) is 27.7 Å². The molecule has 0 unspecified atom stereocenters. The first-order valence-electron chi connectivity index (χ1n) is 18.0. The molecule has 0 atom stereocenters. The van der Waals surface area contributed by atoms with Crippen molar-refractivity contribution in [2.24, 2.45) is 23.7 Å². The van der Waals surface area contributed by atoms with Gasteiger partial charge in [0, 0.05) is 51.9 Å². The van der Waals surface area contributed by atoms with Crippen molar-refractivity contribution in [3.8, 4) is 0 Å². The predicted molar refractivity (Wildman–Crippen MR) is 185 cm³/mol. The number of piperidine rings is 3. The molecule has 45 heavy (non-hydrogen) atoms. The number of sulfonamides is 2. The third kappa shape index (κ3) is 12.6. The number of nitrogens with zero attached hydrogens (tertiary/aromatic N) is 5. The van der Waals surface area contributed by atoms with Crippen LogP contribution >= 0.6 is 0 Å². The molecule has 4 fully saturated rings. The van der Waals surface area contributed by atoms with Crippen molar-refractivity contribution in [2.75, 3.05) is 97.2 Å². The van der Waals surface area contributed by atoms with Crippen LogP contribution in [0.2, 0.25) is 0 Å². The van der Waals surface area contributed by atoms with Gasteiger partial charge in [0.2, 0.25) is 20.0 Å². The Hall–Kier alpha value is -0.340. The van der Waals surface area contributed by atoms with Gasteiger partial charge in [0.1, 0.15) is 0 Å². The number of rotatable bonds is 14. The quantitative estimate of drug-likeness (QED) is 0.276. The van der Waals surface area contributed by atoms with Crippen molar-refractivity contribution in [1.29, 1.82) is 0 Å². The molecule has 4 aliphatic rings. The van der Waals surface area contributed by atoms with Gasteiger partial charge in [0.25, 0.3) is 0 Å². The van der Waals surface area contributed by atoms with E-state index in [-0.39, 0.29) is 17.6 Å². The molecule has 0 aromatic heterocycles. The van der Waals surface area contributed by atoms with Crippen LogP contribution in [0.5, 0.6) is 0 Å². The van der Waals surface area contributed by atoms with Crippen molar-refractivity contribution in [2.45, 2.75) is 92.2 Å². The Balaban J connectivity index is 0.000000248. The van der Waals surface area contributed by atoms with Gasteiger partial charge in [-0.15, -0.1) is 0 Å². The van der Waals surface area contributed by atoms with E-state index in [2.05, 4.69) is 49.4 Å². The minimum Gasteiger partial charge on any atom is -0.374 e. The SMILES string of the molecule is CCS(=O)(=O)N1CC(OCCN2CCC(C(C)C)CC2)C1.CCS(=O)(=O)N1CCC(CN(C)C2CCN(CC(C)C)CC2)CC1. The van der Waals surface area contributed by atoms with Gasteiger partial charge >= 0.3 is 0 Å². The minimum atomic E-state index is -3.01. The molecule has 0 aromatic rings. The van der Waals surface area contributed by atoms with Gasteiger partial charge < -0.3 is 19.4 Å². The average Bonchev–Trinajstić information content (AvgIpc) is 2.99. The molecule has 4 aliphatic heterocycles. The van der Waals surface area contributed by atoms with Gasteiger partial charge in [-0.25, -0.2) is 21.1 Å². The highest BCUT2D eigenvalue weighted by atomic mass is 32.2. The summed E-state index contributed by atoms with van der Waals surface area (Å²) in [6.45, 7) is 24.0. The van der Waals surface area contributed by atoms with Crippen LogP contribution in [0.15, 0.2) is 0 Å². The first-order chi connectivity index (χ1) is 21.2. The average molecular weight is 678 g/mol. The molecule has 266 valence electrons. The van der Waals surface area contributed by atoms with Gasteiger partial charge in [-0.05, 0) is 109 Å². The van der Waals surface area contributed by atoms with Gasteiger partial charge in [0.15, 0.2) is 0 Å². The normalized spacial score (nSPS) is 23.5. The largest absolute Gasteiger partial charge is 0.374 e. The zero-order valence-electron chi connectivity index (χ0n) is 29.7. The van der Waals surface area contributed by atoms with Crippen molar-refractivity contribution in [1.82, 2.24) is 23.3 Å². The maximum Gasteiger partial charge on any atom is 0.214 e.